The van der Waals surface area contributed by atoms with E-state index in [0.717, 1.165) is 24.7 Å². The van der Waals surface area contributed by atoms with Crippen molar-refractivity contribution < 1.29 is 27.5 Å². The van der Waals surface area contributed by atoms with Crippen molar-refractivity contribution in [2.45, 2.75) is 82.8 Å². The number of fused-ring (bicyclic) bond motifs is 1. The third kappa shape index (κ3) is 6.91. The minimum atomic E-state index is -2.61. The Hall–Kier alpha value is -3.83. The van der Waals surface area contributed by atoms with Crippen LogP contribution in [0.5, 0.6) is 0 Å². The van der Waals surface area contributed by atoms with E-state index in [-0.39, 0.29) is 24.8 Å². The van der Waals surface area contributed by atoms with E-state index in [9.17, 15) is 22.8 Å². The van der Waals surface area contributed by atoms with Crippen LogP contribution in [0, 0.1) is 5.82 Å². The van der Waals surface area contributed by atoms with Gasteiger partial charge in [-0.2, -0.15) is 0 Å². The van der Waals surface area contributed by atoms with Crippen LogP contribution in [-0.2, 0) is 4.74 Å². The van der Waals surface area contributed by atoms with Crippen LogP contribution < -0.4 is 10.6 Å². The molecule has 1 atom stereocenters. The van der Waals surface area contributed by atoms with Gasteiger partial charge in [-0.15, -0.1) is 0 Å². The third-order valence-electron chi connectivity index (χ3n) is 7.51. The molecule has 12 heteroatoms. The van der Waals surface area contributed by atoms with Gasteiger partial charge in [-0.05, 0) is 64.7 Å². The van der Waals surface area contributed by atoms with Crippen LogP contribution in [-0.4, -0.2) is 56.2 Å². The summed E-state index contributed by atoms with van der Waals surface area (Å²) < 4.78 is 48.6. The van der Waals surface area contributed by atoms with E-state index in [1.807, 2.05) is 25.3 Å². The average molecular weight is 573 g/mol. The lowest BCUT2D eigenvalue weighted by molar-refractivity contribution is -0.0384. The number of ether oxygens (including phenoxy) is 1. The van der Waals surface area contributed by atoms with Crippen molar-refractivity contribution in [1.29, 1.82) is 0 Å². The van der Waals surface area contributed by atoms with E-state index >= 15 is 0 Å². The highest BCUT2D eigenvalue weighted by molar-refractivity contribution is 6.05. The average Bonchev–Trinajstić information content (AvgIpc) is 3.25. The molecule has 1 aliphatic heterocycles. The monoisotopic (exact) mass is 572 g/mol. The molecule has 3 aromatic rings. The maximum atomic E-state index is 14.2. The highest BCUT2D eigenvalue weighted by Crippen LogP contribution is 2.40. The molecule has 4 heterocycles. The summed E-state index contributed by atoms with van der Waals surface area (Å²) in [6.07, 6.45) is 5.91. The zero-order chi connectivity index (χ0) is 29.4. The minimum Gasteiger partial charge on any atom is -0.444 e. The molecule has 2 N–H and O–H groups in total. The minimum absolute atomic E-state index is 0.0305. The SMILES string of the molecule is CC(C)(C)OC(=O)N1CCCC(n2cc(NC(=O)Nc3ccc(C4CCC(F)(F)CC4)nc3)c3cc(F)cnc32)C1. The van der Waals surface area contributed by atoms with E-state index in [1.165, 1.54) is 12.3 Å². The molecule has 9 nitrogen and oxygen atoms in total. The molecule has 2 aliphatic rings. The molecule has 3 amide bonds. The number of carbonyl (C=O) groups is 2. The molecule has 0 aromatic carbocycles. The van der Waals surface area contributed by atoms with Gasteiger partial charge in [0, 0.05) is 49.1 Å². The molecular weight excluding hydrogens is 537 g/mol. The van der Waals surface area contributed by atoms with Crippen LogP contribution in [0.1, 0.15) is 76.9 Å². The van der Waals surface area contributed by atoms with Crippen molar-refractivity contribution in [3.63, 3.8) is 0 Å². The first-order chi connectivity index (χ1) is 19.4. The Bertz CT molecular complexity index is 1410. The molecule has 220 valence electrons. The summed E-state index contributed by atoms with van der Waals surface area (Å²) in [5.74, 6) is -3.18. The summed E-state index contributed by atoms with van der Waals surface area (Å²) in [4.78, 5) is 35.9. The lowest BCUT2D eigenvalue weighted by Crippen LogP contribution is -2.43. The Labute approximate surface area is 236 Å². The first-order valence-corrected chi connectivity index (χ1v) is 13.9. The van der Waals surface area contributed by atoms with Crippen LogP contribution in [0.4, 0.5) is 34.1 Å². The number of nitrogens with one attached hydrogen (secondary N) is 2. The van der Waals surface area contributed by atoms with Gasteiger partial charge in [-0.3, -0.25) is 4.98 Å². The molecular formula is C29H35F3N6O3. The van der Waals surface area contributed by atoms with E-state index in [0.29, 0.717) is 48.3 Å². The quantitative estimate of drug-likeness (QED) is 0.348. The van der Waals surface area contributed by atoms with Gasteiger partial charge >= 0.3 is 12.1 Å². The topological polar surface area (TPSA) is 101 Å². The van der Waals surface area contributed by atoms with Crippen LogP contribution >= 0.6 is 0 Å². The predicted molar refractivity (Wildman–Crippen MR) is 149 cm³/mol. The van der Waals surface area contributed by atoms with E-state index in [1.54, 1.807) is 23.2 Å². The van der Waals surface area contributed by atoms with Gasteiger partial charge in [0.25, 0.3) is 0 Å². The normalized spacial score (nSPS) is 19.7. The Morgan fingerprint density at radius 2 is 1.83 bits per heavy atom. The lowest BCUT2D eigenvalue weighted by atomic mass is 9.84. The highest BCUT2D eigenvalue weighted by atomic mass is 19.3. The molecule has 1 saturated carbocycles. The van der Waals surface area contributed by atoms with E-state index in [2.05, 4.69) is 20.6 Å². The summed E-state index contributed by atoms with van der Waals surface area (Å²) in [5.41, 5.74) is 1.40. The number of hydrogen-bond donors (Lipinski definition) is 2. The van der Waals surface area contributed by atoms with E-state index in [4.69, 9.17) is 4.74 Å². The molecule has 1 unspecified atom stereocenters. The first-order valence-electron chi connectivity index (χ1n) is 13.9. The predicted octanol–water partition coefficient (Wildman–Crippen LogP) is 7.08. The summed E-state index contributed by atoms with van der Waals surface area (Å²) >= 11 is 0. The molecule has 3 aromatic heterocycles. The Balaban J connectivity index is 1.28. The van der Waals surface area contributed by atoms with Crippen LogP contribution in [0.15, 0.2) is 36.8 Å². The maximum absolute atomic E-state index is 14.2. The lowest BCUT2D eigenvalue weighted by Gasteiger charge is -2.34. The number of piperidine rings is 1. The number of urea groups is 1. The van der Waals surface area contributed by atoms with Gasteiger partial charge in [0.05, 0.1) is 29.8 Å². The van der Waals surface area contributed by atoms with E-state index < -0.39 is 29.5 Å². The Kier molecular flexibility index (Phi) is 7.85. The summed E-state index contributed by atoms with van der Waals surface area (Å²) in [6, 6.07) is 4.04. The van der Waals surface area contributed by atoms with Gasteiger partial charge in [-0.25, -0.2) is 27.7 Å². The molecule has 2 fully saturated rings. The fourth-order valence-electron chi connectivity index (χ4n) is 5.50. The number of halogens is 3. The number of aromatic nitrogens is 3. The van der Waals surface area contributed by atoms with Crippen molar-refractivity contribution >= 4 is 34.5 Å². The molecule has 0 bridgehead atoms. The van der Waals surface area contributed by atoms with Gasteiger partial charge in [0.15, 0.2) is 0 Å². The number of pyridine rings is 2. The number of anilines is 2. The zero-order valence-corrected chi connectivity index (χ0v) is 23.4. The number of alkyl halides is 2. The summed E-state index contributed by atoms with van der Waals surface area (Å²) in [6.45, 7) is 6.41. The molecule has 1 saturated heterocycles. The van der Waals surface area contributed by atoms with Gasteiger partial charge < -0.3 is 24.8 Å². The van der Waals surface area contributed by atoms with Crippen LogP contribution in [0.3, 0.4) is 0 Å². The maximum Gasteiger partial charge on any atom is 0.410 e. The van der Waals surface area contributed by atoms with Crippen molar-refractivity contribution in [3.05, 3.63) is 48.3 Å². The van der Waals surface area contributed by atoms with Crippen LogP contribution in [0.25, 0.3) is 11.0 Å². The fourth-order valence-corrected chi connectivity index (χ4v) is 5.50. The Morgan fingerprint density at radius 1 is 1.07 bits per heavy atom. The largest absolute Gasteiger partial charge is 0.444 e. The second-order valence-corrected chi connectivity index (χ2v) is 11.9. The van der Waals surface area contributed by atoms with Crippen molar-refractivity contribution in [2.24, 2.45) is 0 Å². The fraction of sp³-hybridized carbons (Fsp3) is 0.517. The summed E-state index contributed by atoms with van der Waals surface area (Å²) in [7, 11) is 0. The van der Waals surface area contributed by atoms with Crippen molar-refractivity contribution in [3.8, 4) is 0 Å². The zero-order valence-electron chi connectivity index (χ0n) is 23.4. The number of carbonyl (C=O) groups excluding carboxylic acids is 2. The molecule has 1 aliphatic carbocycles. The second kappa shape index (κ2) is 11.2. The summed E-state index contributed by atoms with van der Waals surface area (Å²) in [5, 5.41) is 5.93. The number of hydrogen-bond acceptors (Lipinski definition) is 5. The van der Waals surface area contributed by atoms with Gasteiger partial charge in [0.1, 0.15) is 17.1 Å². The third-order valence-corrected chi connectivity index (χ3v) is 7.51. The number of nitrogens with zero attached hydrogens (tertiary/aromatic N) is 4. The van der Waals surface area contributed by atoms with Crippen molar-refractivity contribution in [2.75, 3.05) is 23.7 Å². The number of amides is 3. The standard InChI is InChI=1S/C29H35F3N6O3/c1-28(2,3)41-27(40)37-12-4-5-21(16-37)38-17-24(22-13-19(30)14-34-25(22)38)36-26(39)35-20-6-7-23(33-15-20)18-8-10-29(31,32)11-9-18/h6-7,13-15,17-18,21H,4-5,8-12,16H2,1-3H3,(H2,35,36,39). The molecule has 41 heavy (non-hydrogen) atoms. The number of likely N-dealkylation sites (tertiary alicyclic amines) is 1. The molecule has 5 rings (SSSR count). The second-order valence-electron chi connectivity index (χ2n) is 11.9. The smallest absolute Gasteiger partial charge is 0.410 e. The number of rotatable bonds is 4. The molecule has 0 radical (unpaired) electrons. The van der Waals surface area contributed by atoms with Gasteiger partial charge in [-0.1, -0.05) is 0 Å². The molecule has 0 spiro atoms. The first kappa shape index (κ1) is 28.7. The van der Waals surface area contributed by atoms with Crippen LogP contribution in [0.2, 0.25) is 0 Å². The highest BCUT2D eigenvalue weighted by Gasteiger charge is 2.36. The Morgan fingerprint density at radius 3 is 2.51 bits per heavy atom. The van der Waals surface area contributed by atoms with Crippen molar-refractivity contribution in [1.82, 2.24) is 19.4 Å². The van der Waals surface area contributed by atoms with Gasteiger partial charge in [0.2, 0.25) is 5.92 Å².